The van der Waals surface area contributed by atoms with Gasteiger partial charge in [0.1, 0.15) is 0 Å². The molecule has 0 aliphatic carbocycles. The Labute approximate surface area is 108 Å². The van der Waals surface area contributed by atoms with Gasteiger partial charge in [0, 0.05) is 32.7 Å². The van der Waals surface area contributed by atoms with Crippen molar-refractivity contribution in [3.8, 4) is 0 Å². The molecule has 18 heavy (non-hydrogen) atoms. The van der Waals surface area contributed by atoms with Crippen LogP contribution < -0.4 is 16.2 Å². The van der Waals surface area contributed by atoms with Gasteiger partial charge in [-0.1, -0.05) is 0 Å². The second-order valence-electron chi connectivity index (χ2n) is 4.64. The Bertz CT molecular complexity index is 415. The second-order valence-corrected chi connectivity index (χ2v) is 4.64. The fraction of sp³-hybridized carbons (Fsp3) is 0.667. The van der Waals surface area contributed by atoms with Crippen molar-refractivity contribution in [1.29, 1.82) is 0 Å². The maximum atomic E-state index is 11.9. The number of hydrogen-bond donors (Lipinski definition) is 1. The van der Waals surface area contributed by atoms with E-state index in [2.05, 4.69) is 10.00 Å². The fourth-order valence-corrected chi connectivity index (χ4v) is 1.66. The molecule has 0 bridgehead atoms. The molecule has 1 aromatic rings. The van der Waals surface area contributed by atoms with Gasteiger partial charge in [-0.2, -0.15) is 5.10 Å². The van der Waals surface area contributed by atoms with E-state index in [1.54, 1.807) is 12.3 Å². The van der Waals surface area contributed by atoms with Crippen LogP contribution in [0.4, 0.5) is 5.69 Å². The summed E-state index contributed by atoms with van der Waals surface area (Å²) in [7, 11) is 5.93. The van der Waals surface area contributed by atoms with E-state index in [-0.39, 0.29) is 5.56 Å². The van der Waals surface area contributed by atoms with E-state index in [0.29, 0.717) is 19.6 Å². The number of nitrogens with two attached hydrogens (primary N) is 1. The fourth-order valence-electron chi connectivity index (χ4n) is 1.66. The van der Waals surface area contributed by atoms with E-state index in [1.165, 1.54) is 4.68 Å². The molecular formula is C12H23N5O. The van der Waals surface area contributed by atoms with Crippen molar-refractivity contribution in [2.24, 2.45) is 5.73 Å². The summed E-state index contributed by atoms with van der Waals surface area (Å²) >= 11 is 0. The van der Waals surface area contributed by atoms with Crippen molar-refractivity contribution < 1.29 is 0 Å². The molecule has 0 amide bonds. The van der Waals surface area contributed by atoms with Crippen molar-refractivity contribution in [3.05, 3.63) is 22.6 Å². The highest BCUT2D eigenvalue weighted by Crippen LogP contribution is 2.05. The molecule has 2 N–H and O–H groups in total. The van der Waals surface area contributed by atoms with Gasteiger partial charge in [0.05, 0.1) is 11.9 Å². The van der Waals surface area contributed by atoms with Crippen molar-refractivity contribution in [2.75, 3.05) is 45.7 Å². The Hall–Kier alpha value is -1.40. The first-order valence-corrected chi connectivity index (χ1v) is 6.17. The predicted molar refractivity (Wildman–Crippen MR) is 74.0 cm³/mol. The third-order valence-corrected chi connectivity index (χ3v) is 2.74. The number of likely N-dealkylation sites (N-methyl/N-ethyl adjacent to an activating group) is 1. The minimum absolute atomic E-state index is 0.0601. The average molecular weight is 253 g/mol. The third kappa shape index (κ3) is 4.46. The van der Waals surface area contributed by atoms with E-state index in [0.717, 1.165) is 18.7 Å². The standard InChI is InChI=1S/C12H23N5O/c1-15(2)6-4-7-17-12(18)9-11(10-14-17)16(3)8-5-13/h9-10H,4-8,13H2,1-3H3. The summed E-state index contributed by atoms with van der Waals surface area (Å²) < 4.78 is 1.50. The van der Waals surface area contributed by atoms with E-state index in [4.69, 9.17) is 5.73 Å². The second kappa shape index (κ2) is 7.13. The predicted octanol–water partition coefficient (Wildman–Crippen LogP) is -0.410. The van der Waals surface area contributed by atoms with Crippen molar-refractivity contribution in [2.45, 2.75) is 13.0 Å². The van der Waals surface area contributed by atoms with Gasteiger partial charge in [-0.05, 0) is 27.1 Å². The van der Waals surface area contributed by atoms with E-state index >= 15 is 0 Å². The summed E-state index contributed by atoms with van der Waals surface area (Å²) in [6, 6.07) is 1.61. The van der Waals surface area contributed by atoms with Crippen LogP contribution in [-0.4, -0.2) is 55.5 Å². The minimum Gasteiger partial charge on any atom is -0.372 e. The van der Waals surface area contributed by atoms with E-state index in [9.17, 15) is 4.79 Å². The molecule has 0 radical (unpaired) electrons. The van der Waals surface area contributed by atoms with Crippen LogP contribution in [0.2, 0.25) is 0 Å². The average Bonchev–Trinajstić information content (AvgIpc) is 2.31. The summed E-state index contributed by atoms with van der Waals surface area (Å²) in [6.07, 6.45) is 2.63. The highest BCUT2D eigenvalue weighted by Gasteiger charge is 2.04. The molecular weight excluding hydrogens is 230 g/mol. The molecule has 0 aromatic carbocycles. The van der Waals surface area contributed by atoms with Crippen molar-refractivity contribution in [1.82, 2.24) is 14.7 Å². The van der Waals surface area contributed by atoms with Crippen LogP contribution in [0.15, 0.2) is 17.1 Å². The molecule has 6 heteroatoms. The molecule has 0 aliphatic heterocycles. The Kier molecular flexibility index (Phi) is 5.80. The topological polar surface area (TPSA) is 67.4 Å². The molecule has 0 unspecified atom stereocenters. The molecule has 0 saturated carbocycles. The van der Waals surface area contributed by atoms with Crippen LogP contribution >= 0.6 is 0 Å². The lowest BCUT2D eigenvalue weighted by Gasteiger charge is -2.17. The Balaban J connectivity index is 2.65. The SMILES string of the molecule is CN(C)CCCn1ncc(N(C)CCN)cc1=O. The van der Waals surface area contributed by atoms with E-state index in [1.807, 2.05) is 26.0 Å². The van der Waals surface area contributed by atoms with Crippen molar-refractivity contribution >= 4 is 5.69 Å². The van der Waals surface area contributed by atoms with Gasteiger partial charge in [-0.15, -0.1) is 0 Å². The summed E-state index contributed by atoms with van der Waals surface area (Å²) in [6.45, 7) is 2.87. The quantitative estimate of drug-likeness (QED) is 0.715. The van der Waals surface area contributed by atoms with Crippen LogP contribution in [0.5, 0.6) is 0 Å². The summed E-state index contributed by atoms with van der Waals surface area (Å²) in [5.41, 5.74) is 6.23. The van der Waals surface area contributed by atoms with Crippen LogP contribution in [-0.2, 0) is 6.54 Å². The molecule has 1 rings (SSSR count). The number of aromatic nitrogens is 2. The zero-order valence-corrected chi connectivity index (χ0v) is 11.5. The van der Waals surface area contributed by atoms with Crippen LogP contribution in [0.3, 0.4) is 0 Å². The first-order valence-electron chi connectivity index (χ1n) is 6.17. The molecule has 0 saturated heterocycles. The Morgan fingerprint density at radius 3 is 2.61 bits per heavy atom. The number of hydrogen-bond acceptors (Lipinski definition) is 5. The molecule has 0 fully saturated rings. The normalized spacial score (nSPS) is 10.9. The zero-order chi connectivity index (χ0) is 13.5. The maximum absolute atomic E-state index is 11.9. The van der Waals surface area contributed by atoms with Gasteiger partial charge >= 0.3 is 0 Å². The molecule has 0 spiro atoms. The van der Waals surface area contributed by atoms with Crippen LogP contribution in [0, 0.1) is 0 Å². The van der Waals surface area contributed by atoms with Gasteiger partial charge in [0.15, 0.2) is 0 Å². The Morgan fingerprint density at radius 1 is 1.33 bits per heavy atom. The molecule has 1 heterocycles. The lowest BCUT2D eigenvalue weighted by atomic mass is 10.4. The number of anilines is 1. The van der Waals surface area contributed by atoms with Gasteiger partial charge < -0.3 is 15.5 Å². The smallest absolute Gasteiger partial charge is 0.268 e. The molecule has 0 atom stereocenters. The molecule has 1 aromatic heterocycles. The first-order chi connectivity index (χ1) is 8.54. The summed E-state index contributed by atoms with van der Waals surface area (Å²) in [5.74, 6) is 0. The highest BCUT2D eigenvalue weighted by molar-refractivity contribution is 5.41. The number of rotatable bonds is 7. The van der Waals surface area contributed by atoms with Crippen LogP contribution in [0.25, 0.3) is 0 Å². The van der Waals surface area contributed by atoms with Gasteiger partial charge in [0.2, 0.25) is 0 Å². The monoisotopic (exact) mass is 253 g/mol. The van der Waals surface area contributed by atoms with Crippen LogP contribution in [0.1, 0.15) is 6.42 Å². The van der Waals surface area contributed by atoms with Gasteiger partial charge in [0.25, 0.3) is 5.56 Å². The van der Waals surface area contributed by atoms with Gasteiger partial charge in [-0.25, -0.2) is 4.68 Å². The summed E-state index contributed by atoms with van der Waals surface area (Å²) in [4.78, 5) is 15.9. The number of nitrogens with zero attached hydrogens (tertiary/aromatic N) is 4. The highest BCUT2D eigenvalue weighted by atomic mass is 16.1. The Morgan fingerprint density at radius 2 is 2.06 bits per heavy atom. The summed E-state index contributed by atoms with van der Waals surface area (Å²) in [5, 5.41) is 4.18. The maximum Gasteiger partial charge on any atom is 0.268 e. The zero-order valence-electron chi connectivity index (χ0n) is 11.5. The largest absolute Gasteiger partial charge is 0.372 e. The van der Waals surface area contributed by atoms with Gasteiger partial charge in [-0.3, -0.25) is 4.79 Å². The lowest BCUT2D eigenvalue weighted by Crippen LogP contribution is -2.29. The first kappa shape index (κ1) is 14.7. The molecule has 0 aliphatic rings. The molecule has 102 valence electrons. The minimum atomic E-state index is -0.0601. The van der Waals surface area contributed by atoms with Crippen molar-refractivity contribution in [3.63, 3.8) is 0 Å². The van der Waals surface area contributed by atoms with E-state index < -0.39 is 0 Å². The number of aryl methyl sites for hydroxylation is 1. The lowest BCUT2D eigenvalue weighted by molar-refractivity contribution is 0.377. The molecule has 6 nitrogen and oxygen atoms in total. The third-order valence-electron chi connectivity index (χ3n) is 2.74.